The lowest BCUT2D eigenvalue weighted by Crippen LogP contribution is -2.17. The highest BCUT2D eigenvalue weighted by Crippen LogP contribution is 2.29. The lowest BCUT2D eigenvalue weighted by Gasteiger charge is -2.17. The van der Waals surface area contributed by atoms with Gasteiger partial charge in [-0.2, -0.15) is 0 Å². The van der Waals surface area contributed by atoms with E-state index in [9.17, 15) is 9.00 Å². The molecule has 2 N–H and O–H groups in total. The standard InChI is InChI=1S/C23H32N4O2S/c1-7-18-12-19(25-4)13-21(16(2)3)22(18)14-23(28)26-30(24,29)20-10-8-17(9-11-20)15-27(5)6/h8-13,16H,4,7,14-15H2,1-3,5-6H3,(H2,24,26,28,29). The molecule has 0 aliphatic rings. The van der Waals surface area contributed by atoms with Gasteiger partial charge in [0.15, 0.2) is 0 Å². The molecule has 0 aliphatic carbocycles. The second-order valence-corrected chi connectivity index (χ2v) is 9.74. The summed E-state index contributed by atoms with van der Waals surface area (Å²) < 4.78 is 16.9. The van der Waals surface area contributed by atoms with Gasteiger partial charge in [0, 0.05) is 6.54 Å². The van der Waals surface area contributed by atoms with Crippen molar-refractivity contribution in [1.29, 1.82) is 0 Å². The van der Waals surface area contributed by atoms with Crippen LogP contribution in [0.1, 0.15) is 48.9 Å². The molecule has 7 heteroatoms. The van der Waals surface area contributed by atoms with Gasteiger partial charge in [-0.1, -0.05) is 32.9 Å². The monoisotopic (exact) mass is 428 g/mol. The first kappa shape index (κ1) is 23.9. The number of rotatable bonds is 8. The van der Waals surface area contributed by atoms with E-state index in [1.807, 2.05) is 50.2 Å². The van der Waals surface area contributed by atoms with E-state index >= 15 is 0 Å². The Balaban J connectivity index is 2.36. The molecule has 0 radical (unpaired) electrons. The zero-order valence-electron chi connectivity index (χ0n) is 18.5. The normalized spacial score (nSPS) is 13.3. The molecule has 1 amide bonds. The van der Waals surface area contributed by atoms with Crippen molar-refractivity contribution in [3.63, 3.8) is 0 Å². The quantitative estimate of drug-likeness (QED) is 0.638. The molecule has 2 aromatic carbocycles. The van der Waals surface area contributed by atoms with Gasteiger partial charge in [0.1, 0.15) is 9.92 Å². The Hall–Kier alpha value is -2.35. The summed E-state index contributed by atoms with van der Waals surface area (Å²) >= 11 is 0. The number of carbonyl (C=O) groups excluding carboxylic acids is 1. The van der Waals surface area contributed by atoms with E-state index in [0.717, 1.165) is 40.9 Å². The second-order valence-electron chi connectivity index (χ2n) is 7.95. The van der Waals surface area contributed by atoms with E-state index in [1.165, 1.54) is 0 Å². The van der Waals surface area contributed by atoms with Gasteiger partial charge in [-0.05, 0) is 79.7 Å². The zero-order chi connectivity index (χ0) is 22.5. The molecule has 0 aromatic heterocycles. The van der Waals surface area contributed by atoms with Crippen molar-refractivity contribution >= 4 is 28.2 Å². The Morgan fingerprint density at radius 3 is 2.33 bits per heavy atom. The summed E-state index contributed by atoms with van der Waals surface area (Å²) in [5, 5.41) is 5.96. The number of carbonyl (C=O) groups is 1. The molecule has 0 saturated heterocycles. The van der Waals surface area contributed by atoms with Gasteiger partial charge in [0.2, 0.25) is 0 Å². The molecule has 0 saturated carbocycles. The Bertz CT molecular complexity index is 1030. The van der Waals surface area contributed by atoms with Gasteiger partial charge < -0.3 is 4.90 Å². The number of nitrogens with two attached hydrogens (primary N) is 1. The number of hydrogen-bond acceptors (Lipinski definition) is 4. The van der Waals surface area contributed by atoms with Crippen LogP contribution in [0.4, 0.5) is 5.69 Å². The van der Waals surface area contributed by atoms with Gasteiger partial charge in [-0.25, -0.2) is 9.35 Å². The summed E-state index contributed by atoms with van der Waals surface area (Å²) in [6, 6.07) is 11.0. The van der Waals surface area contributed by atoms with Crippen molar-refractivity contribution in [2.45, 2.75) is 51.0 Å². The smallest absolute Gasteiger partial charge is 0.259 e. The lowest BCUT2D eigenvalue weighted by molar-refractivity contribution is -0.117. The van der Waals surface area contributed by atoms with Crippen molar-refractivity contribution in [2.75, 3.05) is 14.1 Å². The van der Waals surface area contributed by atoms with Crippen molar-refractivity contribution in [1.82, 2.24) is 4.90 Å². The minimum Gasteiger partial charge on any atom is -0.305 e. The fourth-order valence-electron chi connectivity index (χ4n) is 3.42. The van der Waals surface area contributed by atoms with Gasteiger partial charge in [-0.15, -0.1) is 4.36 Å². The molecule has 6 nitrogen and oxygen atoms in total. The number of aryl methyl sites for hydroxylation is 1. The first-order valence-corrected chi connectivity index (χ1v) is 11.6. The van der Waals surface area contributed by atoms with Crippen LogP contribution in [0.5, 0.6) is 0 Å². The van der Waals surface area contributed by atoms with Gasteiger partial charge in [0.25, 0.3) is 5.91 Å². The van der Waals surface area contributed by atoms with E-state index in [2.05, 4.69) is 29.9 Å². The van der Waals surface area contributed by atoms with Gasteiger partial charge in [-0.3, -0.25) is 9.79 Å². The zero-order valence-corrected chi connectivity index (χ0v) is 19.3. The summed E-state index contributed by atoms with van der Waals surface area (Å²) in [5.74, 6) is -0.290. The maximum Gasteiger partial charge on any atom is 0.259 e. The Labute approximate surface area is 180 Å². The van der Waals surface area contributed by atoms with Crippen LogP contribution >= 0.6 is 0 Å². The van der Waals surface area contributed by atoms with Crippen molar-refractivity contribution in [2.24, 2.45) is 14.5 Å². The number of nitrogens with zero attached hydrogens (tertiary/aromatic N) is 3. The fraction of sp³-hybridized carbons (Fsp3) is 0.391. The van der Waals surface area contributed by atoms with E-state index in [0.29, 0.717) is 4.90 Å². The Morgan fingerprint density at radius 2 is 1.83 bits per heavy atom. The topological polar surface area (TPSA) is 88.1 Å². The van der Waals surface area contributed by atoms with Crippen molar-refractivity contribution in [3.05, 3.63) is 58.7 Å². The minimum atomic E-state index is -3.31. The van der Waals surface area contributed by atoms with Crippen molar-refractivity contribution in [3.8, 4) is 0 Å². The van der Waals surface area contributed by atoms with Crippen LogP contribution < -0.4 is 5.14 Å². The lowest BCUT2D eigenvalue weighted by atomic mass is 9.89. The van der Waals surface area contributed by atoms with E-state index < -0.39 is 15.8 Å². The summed E-state index contributed by atoms with van der Waals surface area (Å²) in [5.41, 5.74) is 4.80. The summed E-state index contributed by atoms with van der Waals surface area (Å²) in [4.78, 5) is 19.2. The van der Waals surface area contributed by atoms with Crippen LogP contribution in [-0.4, -0.2) is 35.8 Å². The van der Waals surface area contributed by atoms with E-state index in [4.69, 9.17) is 5.14 Å². The largest absolute Gasteiger partial charge is 0.305 e. The summed E-state index contributed by atoms with van der Waals surface area (Å²) in [6.45, 7) is 10.5. The number of aliphatic imine (C=N–C) groups is 1. The van der Waals surface area contributed by atoms with Crippen LogP contribution in [0.2, 0.25) is 0 Å². The average Bonchev–Trinajstić information content (AvgIpc) is 2.67. The molecular weight excluding hydrogens is 396 g/mol. The molecule has 1 unspecified atom stereocenters. The Morgan fingerprint density at radius 1 is 1.20 bits per heavy atom. The second kappa shape index (κ2) is 10.1. The van der Waals surface area contributed by atoms with Crippen molar-refractivity contribution < 1.29 is 9.00 Å². The highest BCUT2D eigenvalue weighted by Gasteiger charge is 2.17. The molecule has 30 heavy (non-hydrogen) atoms. The molecule has 2 rings (SSSR count). The van der Waals surface area contributed by atoms with Gasteiger partial charge in [0.05, 0.1) is 17.0 Å². The molecule has 2 aromatic rings. The third-order valence-corrected chi connectivity index (χ3v) is 6.29. The molecule has 0 heterocycles. The first-order chi connectivity index (χ1) is 14.1. The number of benzene rings is 2. The third kappa shape index (κ3) is 6.08. The third-order valence-electron chi connectivity index (χ3n) is 4.87. The predicted octanol–water partition coefficient (Wildman–Crippen LogP) is 4.24. The highest BCUT2D eigenvalue weighted by atomic mass is 32.2. The number of amides is 1. The Kier molecular flexibility index (Phi) is 8.06. The van der Waals surface area contributed by atoms with Crippen LogP contribution in [0.25, 0.3) is 0 Å². The molecular formula is C23H32N4O2S. The molecule has 0 fully saturated rings. The van der Waals surface area contributed by atoms with Gasteiger partial charge >= 0.3 is 0 Å². The SMILES string of the molecule is C=Nc1cc(CC)c(CC(=O)N=S(N)(=O)c2ccc(CN(C)C)cc2)c(C(C)C)c1. The molecule has 162 valence electrons. The van der Waals surface area contributed by atoms with Crippen LogP contribution in [0, 0.1) is 0 Å². The highest BCUT2D eigenvalue weighted by molar-refractivity contribution is 7.91. The number of hydrogen-bond donors (Lipinski definition) is 1. The maximum absolute atomic E-state index is 13.0. The van der Waals surface area contributed by atoms with E-state index in [-0.39, 0.29) is 12.3 Å². The maximum atomic E-state index is 13.0. The molecule has 0 spiro atoms. The molecule has 0 bridgehead atoms. The predicted molar refractivity (Wildman–Crippen MR) is 125 cm³/mol. The average molecular weight is 429 g/mol. The van der Waals surface area contributed by atoms with Crippen LogP contribution in [0.3, 0.4) is 0 Å². The van der Waals surface area contributed by atoms with Crippen LogP contribution in [-0.2, 0) is 34.1 Å². The summed E-state index contributed by atoms with van der Waals surface area (Å²) in [7, 11) is 0.641. The minimum absolute atomic E-state index is 0.0566. The molecule has 0 aliphatic heterocycles. The summed E-state index contributed by atoms with van der Waals surface area (Å²) in [6.07, 6.45) is 0.804. The fourth-order valence-corrected chi connectivity index (χ4v) is 4.42. The van der Waals surface area contributed by atoms with E-state index in [1.54, 1.807) is 12.1 Å². The first-order valence-electron chi connectivity index (χ1n) is 10.0. The molecule has 1 atom stereocenters. The van der Waals surface area contributed by atoms with Crippen LogP contribution in [0.15, 0.2) is 50.6 Å².